The van der Waals surface area contributed by atoms with E-state index in [1.165, 1.54) is 36.4 Å². The Morgan fingerprint density at radius 2 is 1.84 bits per heavy atom. The van der Waals surface area contributed by atoms with Gasteiger partial charge in [0.15, 0.2) is 0 Å². The molecule has 7 nitrogen and oxygen atoms in total. The molecule has 3 aromatic carbocycles. The molecule has 0 radical (unpaired) electrons. The van der Waals surface area contributed by atoms with E-state index >= 15 is 0 Å². The van der Waals surface area contributed by atoms with Gasteiger partial charge in [-0.15, -0.1) is 0 Å². The molecule has 0 aliphatic rings. The monoisotopic (exact) mass is 495 g/mol. The van der Waals surface area contributed by atoms with Crippen molar-refractivity contribution in [3.05, 3.63) is 104 Å². The fourth-order valence-electron chi connectivity index (χ4n) is 2.63. The van der Waals surface area contributed by atoms with Gasteiger partial charge in [-0.3, -0.25) is 14.9 Å². The van der Waals surface area contributed by atoms with Gasteiger partial charge >= 0.3 is 0 Å². The zero-order valence-corrected chi connectivity index (χ0v) is 18.0. The third kappa shape index (κ3) is 6.00. The van der Waals surface area contributed by atoms with Gasteiger partial charge in [0, 0.05) is 16.6 Å². The largest absolute Gasteiger partial charge is 0.489 e. The smallest absolute Gasteiger partial charge is 0.270 e. The number of non-ortho nitro benzene ring substituents is 1. The summed E-state index contributed by atoms with van der Waals surface area (Å²) in [5.74, 6) is -0.397. The van der Waals surface area contributed by atoms with Crippen molar-refractivity contribution < 1.29 is 18.8 Å². The van der Waals surface area contributed by atoms with Crippen molar-refractivity contribution in [1.82, 2.24) is 0 Å². The number of amides is 1. The first kappa shape index (κ1) is 22.7. The quantitative estimate of drug-likeness (QED) is 0.198. The Hall–Kier alpha value is -4.03. The van der Waals surface area contributed by atoms with Crippen LogP contribution in [0, 0.1) is 27.3 Å². The van der Waals surface area contributed by atoms with Crippen LogP contribution in [-0.2, 0) is 11.4 Å². The number of halogens is 2. The molecule has 0 heterocycles. The highest BCUT2D eigenvalue weighted by molar-refractivity contribution is 9.10. The number of nitriles is 1. The third-order valence-electron chi connectivity index (χ3n) is 4.29. The highest BCUT2D eigenvalue weighted by Gasteiger charge is 2.14. The lowest BCUT2D eigenvalue weighted by atomic mass is 10.1. The molecule has 160 valence electrons. The number of benzene rings is 3. The maximum Gasteiger partial charge on any atom is 0.270 e. The van der Waals surface area contributed by atoms with Gasteiger partial charge in [-0.2, -0.15) is 5.26 Å². The first-order valence-electron chi connectivity index (χ1n) is 9.20. The van der Waals surface area contributed by atoms with Crippen molar-refractivity contribution in [2.45, 2.75) is 6.61 Å². The zero-order valence-electron chi connectivity index (χ0n) is 16.4. The van der Waals surface area contributed by atoms with Gasteiger partial charge in [-0.25, -0.2) is 4.39 Å². The van der Waals surface area contributed by atoms with Crippen molar-refractivity contribution in [3.8, 4) is 11.8 Å². The Morgan fingerprint density at radius 3 is 2.44 bits per heavy atom. The molecule has 0 fully saturated rings. The summed E-state index contributed by atoms with van der Waals surface area (Å²) in [5, 5.41) is 22.7. The molecule has 0 aliphatic carbocycles. The SMILES string of the molecule is N#C/C(=C/c1ccc(OCc2ccc(F)cc2)cc1)C(=O)Nc1ccc([N+](=O)[O-])cc1Br. The molecule has 3 rings (SSSR count). The maximum absolute atomic E-state index is 12.9. The lowest BCUT2D eigenvalue weighted by molar-refractivity contribution is -0.384. The van der Waals surface area contributed by atoms with Crippen LogP contribution < -0.4 is 10.1 Å². The molecule has 0 saturated heterocycles. The van der Waals surface area contributed by atoms with Crippen LogP contribution in [0.5, 0.6) is 5.75 Å². The van der Waals surface area contributed by atoms with Crippen LogP contribution in [-0.4, -0.2) is 10.8 Å². The summed E-state index contributed by atoms with van der Waals surface area (Å²) in [4.78, 5) is 22.7. The number of ether oxygens (including phenoxy) is 1. The van der Waals surface area contributed by atoms with Crippen molar-refractivity contribution in [3.63, 3.8) is 0 Å². The predicted octanol–water partition coefficient (Wildman–Crippen LogP) is 5.62. The second-order valence-electron chi connectivity index (χ2n) is 6.53. The van der Waals surface area contributed by atoms with Crippen LogP contribution in [0.15, 0.2) is 76.8 Å². The minimum absolute atomic E-state index is 0.132. The van der Waals surface area contributed by atoms with E-state index in [2.05, 4.69) is 21.2 Å². The molecule has 0 atom stereocenters. The molecule has 0 saturated carbocycles. The van der Waals surface area contributed by atoms with Gasteiger partial charge in [0.1, 0.15) is 29.8 Å². The van der Waals surface area contributed by atoms with Gasteiger partial charge in [0.25, 0.3) is 11.6 Å². The molecule has 0 spiro atoms. The van der Waals surface area contributed by atoms with Crippen LogP contribution in [0.25, 0.3) is 6.08 Å². The summed E-state index contributed by atoms with van der Waals surface area (Å²) >= 11 is 3.17. The summed E-state index contributed by atoms with van der Waals surface area (Å²) in [6.45, 7) is 0.269. The lowest BCUT2D eigenvalue weighted by Gasteiger charge is -2.08. The van der Waals surface area contributed by atoms with Gasteiger partial charge in [-0.1, -0.05) is 24.3 Å². The Bertz CT molecular complexity index is 1220. The third-order valence-corrected chi connectivity index (χ3v) is 4.94. The topological polar surface area (TPSA) is 105 Å². The summed E-state index contributed by atoms with van der Waals surface area (Å²) in [7, 11) is 0. The minimum Gasteiger partial charge on any atom is -0.489 e. The fourth-order valence-corrected chi connectivity index (χ4v) is 3.10. The van der Waals surface area contributed by atoms with E-state index in [0.717, 1.165) is 5.56 Å². The summed E-state index contributed by atoms with van der Waals surface area (Å²) < 4.78 is 18.9. The fraction of sp³-hybridized carbons (Fsp3) is 0.0435. The number of hydrogen-bond donors (Lipinski definition) is 1. The van der Waals surface area contributed by atoms with E-state index in [-0.39, 0.29) is 23.7 Å². The number of nitro benzene ring substituents is 1. The first-order valence-corrected chi connectivity index (χ1v) is 9.99. The van der Waals surface area contributed by atoms with Crippen LogP contribution in [0.2, 0.25) is 0 Å². The van der Waals surface area contributed by atoms with Gasteiger partial charge in [-0.05, 0) is 63.5 Å². The van der Waals surface area contributed by atoms with Gasteiger partial charge in [0.2, 0.25) is 0 Å². The van der Waals surface area contributed by atoms with E-state index < -0.39 is 10.8 Å². The molecule has 0 bridgehead atoms. The van der Waals surface area contributed by atoms with E-state index in [1.807, 2.05) is 6.07 Å². The molecular weight excluding hydrogens is 481 g/mol. The number of rotatable bonds is 7. The predicted molar refractivity (Wildman–Crippen MR) is 120 cm³/mol. The Labute approximate surface area is 191 Å². The average Bonchev–Trinajstić information content (AvgIpc) is 2.79. The molecule has 9 heteroatoms. The Morgan fingerprint density at radius 1 is 1.16 bits per heavy atom. The molecule has 0 aromatic heterocycles. The minimum atomic E-state index is -0.654. The standard InChI is InChI=1S/C23H15BrFN3O4/c24-21-12-19(28(30)31)7-10-22(21)27-23(29)17(13-26)11-15-3-8-20(9-4-15)32-14-16-1-5-18(25)6-2-16/h1-12H,14H2,(H,27,29)/b17-11-. The first-order chi connectivity index (χ1) is 15.4. The van der Waals surface area contributed by atoms with Gasteiger partial charge in [0.05, 0.1) is 10.6 Å². The van der Waals surface area contributed by atoms with Crippen LogP contribution >= 0.6 is 15.9 Å². The number of carbonyl (C=O) groups is 1. The summed E-state index contributed by atoms with van der Waals surface area (Å²) in [6, 6.07) is 18.5. The van der Waals surface area contributed by atoms with E-state index in [1.54, 1.807) is 36.4 Å². The van der Waals surface area contributed by atoms with Crippen molar-refractivity contribution in [1.29, 1.82) is 5.26 Å². The summed E-state index contributed by atoms with van der Waals surface area (Å²) in [6.07, 6.45) is 1.42. The van der Waals surface area contributed by atoms with Gasteiger partial charge < -0.3 is 10.1 Å². The lowest BCUT2D eigenvalue weighted by Crippen LogP contribution is -2.13. The molecule has 1 amide bonds. The van der Waals surface area contributed by atoms with Crippen molar-refractivity contribution in [2.75, 3.05) is 5.32 Å². The molecule has 32 heavy (non-hydrogen) atoms. The molecular formula is C23H15BrFN3O4. The van der Waals surface area contributed by atoms with E-state index in [4.69, 9.17) is 4.74 Å². The number of nitrogens with one attached hydrogen (secondary N) is 1. The molecule has 3 aromatic rings. The average molecular weight is 496 g/mol. The number of nitrogens with zero attached hydrogens (tertiary/aromatic N) is 2. The van der Waals surface area contributed by atoms with Crippen molar-refractivity contribution >= 4 is 39.3 Å². The van der Waals surface area contributed by atoms with Crippen LogP contribution in [0.3, 0.4) is 0 Å². The highest BCUT2D eigenvalue weighted by Crippen LogP contribution is 2.27. The molecule has 1 N–H and O–H groups in total. The van der Waals surface area contributed by atoms with Crippen LogP contribution in [0.1, 0.15) is 11.1 Å². The van der Waals surface area contributed by atoms with Crippen LogP contribution in [0.4, 0.5) is 15.8 Å². The highest BCUT2D eigenvalue weighted by atomic mass is 79.9. The Balaban J connectivity index is 1.66. The number of hydrogen-bond acceptors (Lipinski definition) is 5. The van der Waals surface area contributed by atoms with Crippen molar-refractivity contribution in [2.24, 2.45) is 0 Å². The zero-order chi connectivity index (χ0) is 23.1. The molecule has 0 aliphatic heterocycles. The number of nitro groups is 1. The van der Waals surface area contributed by atoms with E-state index in [9.17, 15) is 24.6 Å². The van der Waals surface area contributed by atoms with E-state index in [0.29, 0.717) is 21.5 Å². The number of anilines is 1. The second-order valence-corrected chi connectivity index (χ2v) is 7.38. The normalized spacial score (nSPS) is 10.8. The Kier molecular flexibility index (Phi) is 7.31. The number of carbonyl (C=O) groups excluding carboxylic acids is 1. The second kappa shape index (κ2) is 10.3. The molecule has 0 unspecified atom stereocenters. The maximum atomic E-state index is 12.9. The summed E-state index contributed by atoms with van der Waals surface area (Å²) in [5.41, 5.74) is 1.44.